The molecule has 1 heterocycles. The summed E-state index contributed by atoms with van der Waals surface area (Å²) < 4.78 is 47.1. The molecule has 0 aromatic heterocycles. The highest BCUT2D eigenvalue weighted by Gasteiger charge is 2.55. The molecule has 3 aromatic carbocycles. The smallest absolute Gasteiger partial charge is 0.265 e. The monoisotopic (exact) mass is 576 g/mol. The molecular formula is C32H36N2O6S. The Kier molecular flexibility index (Phi) is 7.32. The fraction of sp³-hybridized carbons (Fsp3) is 0.406. The third-order valence-electron chi connectivity index (χ3n) is 8.68. The first-order valence-electron chi connectivity index (χ1n) is 14.3. The number of ether oxygens (including phenoxy) is 3. The van der Waals surface area contributed by atoms with Gasteiger partial charge in [-0.25, -0.2) is 8.42 Å². The van der Waals surface area contributed by atoms with Gasteiger partial charge in [0.2, 0.25) is 5.91 Å². The van der Waals surface area contributed by atoms with Crippen molar-refractivity contribution in [2.75, 3.05) is 23.8 Å². The first-order chi connectivity index (χ1) is 19.8. The zero-order valence-corrected chi connectivity index (χ0v) is 24.3. The molecule has 3 aromatic rings. The molecule has 1 spiro atoms. The van der Waals surface area contributed by atoms with Crippen LogP contribution < -0.4 is 23.8 Å². The number of anilines is 2. The van der Waals surface area contributed by atoms with Crippen molar-refractivity contribution < 1.29 is 27.4 Å². The van der Waals surface area contributed by atoms with Crippen LogP contribution in [-0.4, -0.2) is 34.6 Å². The molecule has 0 saturated heterocycles. The van der Waals surface area contributed by atoms with Crippen LogP contribution in [0.5, 0.6) is 17.2 Å². The van der Waals surface area contributed by atoms with E-state index in [0.29, 0.717) is 18.0 Å². The van der Waals surface area contributed by atoms with E-state index in [-0.39, 0.29) is 22.7 Å². The van der Waals surface area contributed by atoms with Crippen LogP contribution in [0.2, 0.25) is 0 Å². The van der Waals surface area contributed by atoms with Crippen molar-refractivity contribution >= 4 is 27.3 Å². The Hall–Kier alpha value is -3.72. The van der Waals surface area contributed by atoms with E-state index in [0.717, 1.165) is 67.5 Å². The predicted octanol–water partition coefficient (Wildman–Crippen LogP) is 6.18. The lowest BCUT2D eigenvalue weighted by Crippen LogP contribution is -2.44. The van der Waals surface area contributed by atoms with Crippen LogP contribution in [0.3, 0.4) is 0 Å². The van der Waals surface area contributed by atoms with Gasteiger partial charge < -0.3 is 19.1 Å². The van der Waals surface area contributed by atoms with Crippen LogP contribution >= 0.6 is 0 Å². The Morgan fingerprint density at radius 2 is 1.63 bits per heavy atom. The molecule has 0 radical (unpaired) electrons. The minimum Gasteiger partial charge on any atom is -0.497 e. The first kappa shape index (κ1) is 27.4. The second-order valence-electron chi connectivity index (χ2n) is 11.2. The second kappa shape index (κ2) is 10.9. The first-order valence-corrected chi connectivity index (χ1v) is 15.8. The summed E-state index contributed by atoms with van der Waals surface area (Å²) >= 11 is 0. The molecule has 8 nitrogen and oxygen atoms in total. The summed E-state index contributed by atoms with van der Waals surface area (Å²) in [6, 6.07) is 17.8. The topological polar surface area (TPSA) is 94.2 Å². The number of benzene rings is 3. The van der Waals surface area contributed by atoms with Crippen LogP contribution in [0.15, 0.2) is 65.6 Å². The van der Waals surface area contributed by atoms with Gasteiger partial charge in [-0.05, 0) is 80.0 Å². The highest BCUT2D eigenvalue weighted by molar-refractivity contribution is 7.92. The third-order valence-corrected chi connectivity index (χ3v) is 10.1. The Morgan fingerprint density at radius 1 is 0.902 bits per heavy atom. The summed E-state index contributed by atoms with van der Waals surface area (Å²) in [5, 5.41) is 0. The van der Waals surface area contributed by atoms with E-state index in [1.54, 1.807) is 31.4 Å². The quantitative estimate of drug-likeness (QED) is 0.327. The van der Waals surface area contributed by atoms with Crippen LogP contribution in [-0.2, 0) is 26.8 Å². The molecule has 216 valence electrons. The van der Waals surface area contributed by atoms with Gasteiger partial charge in [-0.3, -0.25) is 9.52 Å². The van der Waals surface area contributed by atoms with Gasteiger partial charge in [0.05, 0.1) is 43.7 Å². The summed E-state index contributed by atoms with van der Waals surface area (Å²) in [6.07, 6.45) is 7.64. The zero-order valence-electron chi connectivity index (χ0n) is 23.5. The van der Waals surface area contributed by atoms with Gasteiger partial charge in [-0.2, -0.15) is 0 Å². The number of rotatable bonds is 9. The molecule has 0 unspecified atom stereocenters. The highest BCUT2D eigenvalue weighted by Crippen LogP contribution is 2.57. The second-order valence-corrected chi connectivity index (χ2v) is 12.8. The Labute approximate surface area is 241 Å². The van der Waals surface area contributed by atoms with Gasteiger partial charge in [-0.15, -0.1) is 0 Å². The summed E-state index contributed by atoms with van der Waals surface area (Å²) in [4.78, 5) is 16.0. The number of para-hydroxylation sites is 1. The fourth-order valence-corrected chi connectivity index (χ4v) is 7.58. The highest BCUT2D eigenvalue weighted by atomic mass is 32.2. The number of nitrogens with zero attached hydrogens (tertiary/aromatic N) is 1. The molecule has 3 aliphatic rings. The number of sulfonamides is 1. The number of nitrogens with one attached hydrogen (secondary N) is 1. The maximum Gasteiger partial charge on any atom is 0.265 e. The molecular weight excluding hydrogens is 540 g/mol. The molecule has 1 aliphatic heterocycles. The third kappa shape index (κ3) is 5.01. The van der Waals surface area contributed by atoms with Crippen molar-refractivity contribution in [1.29, 1.82) is 0 Å². The summed E-state index contributed by atoms with van der Waals surface area (Å²) in [5.74, 6) is 1.62. The lowest BCUT2D eigenvalue weighted by atomic mass is 9.65. The van der Waals surface area contributed by atoms with E-state index < -0.39 is 15.4 Å². The summed E-state index contributed by atoms with van der Waals surface area (Å²) in [6.45, 7) is 0.394. The molecule has 0 atom stereocenters. The standard InChI is InChI=1S/C32H36N2O6S/c1-38-24-15-13-22(14-16-24)21-34-30-26(32(31(34)35)17-8-18-32)19-23(20-28(30)40-25-9-4-3-5-10-25)33-41(36,37)29-12-7-6-11-27(29)39-2/h6-7,11-16,19-20,25,33H,3-5,8-10,17-18,21H2,1-2H3. The van der Waals surface area contributed by atoms with Crippen molar-refractivity contribution in [2.45, 2.75) is 74.3 Å². The van der Waals surface area contributed by atoms with Crippen LogP contribution in [0.1, 0.15) is 62.5 Å². The number of fused-ring (bicyclic) bond motifs is 2. The van der Waals surface area contributed by atoms with E-state index in [9.17, 15) is 13.2 Å². The molecule has 2 saturated carbocycles. The van der Waals surface area contributed by atoms with Gasteiger partial charge in [0, 0.05) is 6.07 Å². The van der Waals surface area contributed by atoms with Gasteiger partial charge in [0.1, 0.15) is 22.1 Å². The van der Waals surface area contributed by atoms with Crippen molar-refractivity contribution in [2.24, 2.45) is 0 Å². The summed E-state index contributed by atoms with van der Waals surface area (Å²) in [5.41, 5.74) is 2.29. The maximum absolute atomic E-state index is 14.1. The molecule has 1 amide bonds. The Bertz CT molecular complexity index is 1540. The number of hydrogen-bond acceptors (Lipinski definition) is 6. The fourth-order valence-electron chi connectivity index (χ4n) is 6.37. The zero-order chi connectivity index (χ0) is 28.6. The van der Waals surface area contributed by atoms with E-state index in [2.05, 4.69) is 4.72 Å². The average Bonchev–Trinajstić information content (AvgIpc) is 3.21. The SMILES string of the molecule is COc1ccc(CN2C(=O)C3(CCC3)c3cc(NS(=O)(=O)c4ccccc4OC)cc(OC4CCCCC4)c32)cc1. The van der Waals surface area contributed by atoms with Crippen LogP contribution in [0.25, 0.3) is 0 Å². The largest absolute Gasteiger partial charge is 0.497 e. The van der Waals surface area contributed by atoms with Gasteiger partial charge >= 0.3 is 0 Å². The van der Waals surface area contributed by atoms with E-state index in [4.69, 9.17) is 14.2 Å². The Morgan fingerprint density at radius 3 is 2.29 bits per heavy atom. The number of carbonyl (C=O) groups excluding carboxylic acids is 1. The van der Waals surface area contributed by atoms with Gasteiger partial charge in [0.25, 0.3) is 10.0 Å². The number of hydrogen-bond donors (Lipinski definition) is 1. The molecule has 2 aliphatic carbocycles. The van der Waals surface area contributed by atoms with Gasteiger partial charge in [-0.1, -0.05) is 37.1 Å². The van der Waals surface area contributed by atoms with Crippen molar-refractivity contribution in [3.63, 3.8) is 0 Å². The molecule has 41 heavy (non-hydrogen) atoms. The predicted molar refractivity (Wildman–Crippen MR) is 157 cm³/mol. The summed E-state index contributed by atoms with van der Waals surface area (Å²) in [7, 11) is -0.896. The minimum absolute atomic E-state index is 0.0183. The molecule has 0 bridgehead atoms. The van der Waals surface area contributed by atoms with Crippen molar-refractivity contribution in [1.82, 2.24) is 0 Å². The maximum atomic E-state index is 14.1. The number of amides is 1. The van der Waals surface area contributed by atoms with E-state index >= 15 is 0 Å². The van der Waals surface area contributed by atoms with Crippen molar-refractivity contribution in [3.05, 3.63) is 71.8 Å². The number of methoxy groups -OCH3 is 2. The van der Waals surface area contributed by atoms with Crippen LogP contribution in [0, 0.1) is 0 Å². The molecule has 6 rings (SSSR count). The van der Waals surface area contributed by atoms with E-state index in [1.807, 2.05) is 35.2 Å². The van der Waals surface area contributed by atoms with Crippen molar-refractivity contribution in [3.8, 4) is 17.2 Å². The lowest BCUT2D eigenvalue weighted by Gasteiger charge is -2.37. The lowest BCUT2D eigenvalue weighted by molar-refractivity contribution is -0.126. The average molecular weight is 577 g/mol. The normalized spacial score (nSPS) is 18.1. The molecule has 1 N–H and O–H groups in total. The number of carbonyl (C=O) groups is 1. The van der Waals surface area contributed by atoms with E-state index in [1.165, 1.54) is 19.6 Å². The molecule has 9 heteroatoms. The van der Waals surface area contributed by atoms with Gasteiger partial charge in [0.15, 0.2) is 0 Å². The molecule has 2 fully saturated rings. The Balaban J connectivity index is 1.43. The minimum atomic E-state index is -3.97. The van der Waals surface area contributed by atoms with Crippen LogP contribution in [0.4, 0.5) is 11.4 Å².